The Morgan fingerprint density at radius 3 is 2.46 bits per heavy atom. The van der Waals surface area contributed by atoms with E-state index in [0.29, 0.717) is 18.5 Å². The smallest absolute Gasteiger partial charge is 0.181 e. The third-order valence-electron chi connectivity index (χ3n) is 7.35. The molecule has 0 radical (unpaired) electrons. The molecule has 0 saturated carbocycles. The molecule has 2 atom stereocenters. The topological polar surface area (TPSA) is 83.3 Å². The summed E-state index contributed by atoms with van der Waals surface area (Å²) in [6.07, 6.45) is 6.66. The maximum absolute atomic E-state index is 14.0. The van der Waals surface area contributed by atoms with Gasteiger partial charge in [0.1, 0.15) is 11.5 Å². The molecule has 5 nitrogen and oxygen atoms in total. The summed E-state index contributed by atoms with van der Waals surface area (Å²) in [4.78, 5) is 22.6. The summed E-state index contributed by atoms with van der Waals surface area (Å²) in [5, 5.41) is 20.6. The molecule has 2 aromatic heterocycles. The molecule has 0 unspecified atom stereocenters. The lowest BCUT2D eigenvalue weighted by Crippen LogP contribution is -2.14. The van der Waals surface area contributed by atoms with E-state index in [1.807, 2.05) is 32.1 Å². The minimum Gasteiger partial charge on any atom is -0.393 e. The highest BCUT2D eigenvalue weighted by molar-refractivity contribution is 5.95. The maximum atomic E-state index is 14.0. The summed E-state index contributed by atoms with van der Waals surface area (Å²) < 4.78 is 14.0. The lowest BCUT2D eigenvalue weighted by molar-refractivity contribution is 0.0975. The molecule has 1 aliphatic rings. The van der Waals surface area contributed by atoms with Crippen LogP contribution in [-0.4, -0.2) is 38.2 Å². The van der Waals surface area contributed by atoms with E-state index < -0.39 is 12.2 Å². The van der Waals surface area contributed by atoms with Gasteiger partial charge in [0, 0.05) is 24.0 Å². The molecule has 0 amide bonds. The second-order valence-electron chi connectivity index (χ2n) is 10.7. The van der Waals surface area contributed by atoms with E-state index in [1.54, 1.807) is 18.2 Å². The first-order chi connectivity index (χ1) is 18.7. The number of pyridine rings is 2. The first-order valence-corrected chi connectivity index (χ1v) is 14.1. The lowest BCUT2D eigenvalue weighted by atomic mass is 9.86. The van der Waals surface area contributed by atoms with Gasteiger partial charge in [0.15, 0.2) is 5.78 Å². The zero-order valence-corrected chi connectivity index (χ0v) is 23.4. The maximum Gasteiger partial charge on any atom is 0.181 e. The van der Waals surface area contributed by atoms with E-state index in [9.17, 15) is 19.4 Å². The van der Waals surface area contributed by atoms with Gasteiger partial charge in [0.25, 0.3) is 0 Å². The number of aryl methyl sites for hydroxylation is 1. The Hall–Kier alpha value is -3.22. The molecule has 206 valence electrons. The molecule has 0 spiro atoms. The first kappa shape index (κ1) is 28.8. The van der Waals surface area contributed by atoms with Crippen LogP contribution in [0, 0.1) is 5.82 Å². The Morgan fingerprint density at radius 2 is 1.79 bits per heavy atom. The Labute approximate surface area is 230 Å². The molecule has 0 bridgehead atoms. The number of Topliss-reactive ketones (excluding diaryl/α,β-unsaturated/α-hetero) is 1. The van der Waals surface area contributed by atoms with E-state index in [2.05, 4.69) is 13.8 Å². The predicted molar refractivity (Wildman–Crippen MR) is 154 cm³/mol. The van der Waals surface area contributed by atoms with Crippen LogP contribution in [0.15, 0.2) is 42.5 Å². The number of benzene rings is 1. The number of aliphatic hydroxyl groups is 2. The van der Waals surface area contributed by atoms with Gasteiger partial charge in [-0.25, -0.2) is 9.37 Å². The summed E-state index contributed by atoms with van der Waals surface area (Å²) >= 11 is 0. The molecule has 39 heavy (non-hydrogen) atoms. The van der Waals surface area contributed by atoms with Gasteiger partial charge in [-0.05, 0) is 79.0 Å². The number of ketones is 1. The van der Waals surface area contributed by atoms with E-state index >= 15 is 0 Å². The molecule has 6 heteroatoms. The van der Waals surface area contributed by atoms with Crippen molar-refractivity contribution in [3.63, 3.8) is 0 Å². The van der Waals surface area contributed by atoms with Crippen LogP contribution in [0.4, 0.5) is 4.39 Å². The van der Waals surface area contributed by atoms with Crippen LogP contribution >= 0.6 is 0 Å². The Morgan fingerprint density at radius 1 is 1.05 bits per heavy atom. The van der Waals surface area contributed by atoms with Gasteiger partial charge in [0.05, 0.1) is 29.3 Å². The molecular formula is C33H39FN2O3. The number of halogens is 1. The number of rotatable bonds is 10. The van der Waals surface area contributed by atoms with Crippen LogP contribution < -0.4 is 0 Å². The van der Waals surface area contributed by atoms with Crippen molar-refractivity contribution in [1.29, 1.82) is 0 Å². The summed E-state index contributed by atoms with van der Waals surface area (Å²) in [5.41, 5.74) is 7.85. The van der Waals surface area contributed by atoms with E-state index in [1.165, 1.54) is 12.1 Å². The predicted octanol–water partition coefficient (Wildman–Crippen LogP) is 7.08. The average molecular weight is 531 g/mol. The van der Waals surface area contributed by atoms with Gasteiger partial charge >= 0.3 is 0 Å². The molecule has 2 N–H and O–H groups in total. The van der Waals surface area contributed by atoms with Crippen LogP contribution in [0.5, 0.6) is 0 Å². The van der Waals surface area contributed by atoms with Crippen molar-refractivity contribution in [1.82, 2.24) is 9.97 Å². The quantitative estimate of drug-likeness (QED) is 0.274. The molecular weight excluding hydrogens is 491 g/mol. The Bertz CT molecular complexity index is 1350. The van der Waals surface area contributed by atoms with Crippen LogP contribution in [0.1, 0.15) is 98.7 Å². The number of hydrogen-bond acceptors (Lipinski definition) is 5. The van der Waals surface area contributed by atoms with Gasteiger partial charge in [-0.1, -0.05) is 52.0 Å². The molecule has 1 aromatic carbocycles. The standard InChI is InChI=1S/C33H39FN2O3/c1-5-8-30(39)29-18-17-25-28(35-29)10-7-9-26-31(21-11-13-22(34)14-12-21)27(32(20(3)4)36-33(25)26)16-15-24(38)19-23(37)6-2/h11-18,20,23-24,37-38H,5-10,19H2,1-4H3/b16-15+/t23-,24+/m0/s1. The highest BCUT2D eigenvalue weighted by Gasteiger charge is 2.26. The van der Waals surface area contributed by atoms with Crippen LogP contribution in [-0.2, 0) is 12.8 Å². The minimum atomic E-state index is -0.802. The van der Waals surface area contributed by atoms with Gasteiger partial charge in [-0.15, -0.1) is 0 Å². The SMILES string of the molecule is CCCC(=O)c1ccc2c(n1)CCCc1c-2nc(C(C)C)c(/C=C/[C@@H](O)C[C@@H](O)CC)c1-c1ccc(F)cc1. The van der Waals surface area contributed by atoms with Crippen molar-refractivity contribution in [2.75, 3.05) is 0 Å². The lowest BCUT2D eigenvalue weighted by Gasteiger charge is -2.22. The Kier molecular flexibility index (Phi) is 9.41. The minimum absolute atomic E-state index is 0.0554. The van der Waals surface area contributed by atoms with Crippen LogP contribution in [0.3, 0.4) is 0 Å². The van der Waals surface area contributed by atoms with Crippen molar-refractivity contribution in [2.24, 2.45) is 0 Å². The summed E-state index contributed by atoms with van der Waals surface area (Å²) in [5.74, 6) is -0.180. The third-order valence-corrected chi connectivity index (χ3v) is 7.35. The molecule has 0 saturated heterocycles. The van der Waals surface area contributed by atoms with E-state index in [-0.39, 0.29) is 23.9 Å². The van der Waals surface area contributed by atoms with Gasteiger partial charge in [0.2, 0.25) is 0 Å². The summed E-state index contributed by atoms with van der Waals surface area (Å²) in [6.45, 7) is 8.04. The van der Waals surface area contributed by atoms with Gasteiger partial charge < -0.3 is 10.2 Å². The summed E-state index contributed by atoms with van der Waals surface area (Å²) in [7, 11) is 0. The number of aliphatic hydroxyl groups excluding tert-OH is 2. The fourth-order valence-electron chi connectivity index (χ4n) is 5.26. The van der Waals surface area contributed by atoms with Crippen molar-refractivity contribution in [3.8, 4) is 22.4 Å². The third kappa shape index (κ3) is 6.51. The van der Waals surface area contributed by atoms with E-state index in [4.69, 9.17) is 9.97 Å². The number of carbonyl (C=O) groups is 1. The molecule has 0 fully saturated rings. The van der Waals surface area contributed by atoms with Gasteiger partial charge in [-0.3, -0.25) is 9.78 Å². The monoisotopic (exact) mass is 530 g/mol. The van der Waals surface area contributed by atoms with Crippen molar-refractivity contribution in [3.05, 3.63) is 76.5 Å². The number of carbonyl (C=O) groups excluding carboxylic acids is 1. The number of aromatic nitrogens is 2. The molecule has 3 aromatic rings. The highest BCUT2D eigenvalue weighted by atomic mass is 19.1. The van der Waals surface area contributed by atoms with E-state index in [0.717, 1.165) is 70.6 Å². The zero-order valence-electron chi connectivity index (χ0n) is 23.4. The summed E-state index contributed by atoms with van der Waals surface area (Å²) in [6, 6.07) is 10.3. The zero-order chi connectivity index (χ0) is 28.1. The Balaban J connectivity index is 1.94. The van der Waals surface area contributed by atoms with Crippen molar-refractivity contribution >= 4 is 11.9 Å². The second-order valence-corrected chi connectivity index (χ2v) is 10.7. The van der Waals surface area contributed by atoms with Crippen LogP contribution in [0.25, 0.3) is 28.5 Å². The molecule has 2 heterocycles. The molecule has 0 aliphatic heterocycles. The number of hydrogen-bond donors (Lipinski definition) is 2. The second kappa shape index (κ2) is 12.8. The fourth-order valence-corrected chi connectivity index (χ4v) is 5.26. The van der Waals surface area contributed by atoms with Crippen molar-refractivity contribution in [2.45, 2.75) is 90.8 Å². The van der Waals surface area contributed by atoms with Crippen molar-refractivity contribution < 1.29 is 19.4 Å². The largest absolute Gasteiger partial charge is 0.393 e. The van der Waals surface area contributed by atoms with Crippen LogP contribution in [0.2, 0.25) is 0 Å². The fraction of sp³-hybridized carbons (Fsp3) is 0.424. The van der Waals surface area contributed by atoms with Gasteiger partial charge in [-0.2, -0.15) is 0 Å². The molecule has 1 aliphatic carbocycles. The normalized spacial score (nSPS) is 14.7. The molecule has 4 rings (SSSR count). The first-order valence-electron chi connectivity index (χ1n) is 14.1. The highest BCUT2D eigenvalue weighted by Crippen LogP contribution is 2.41. The number of fused-ring (bicyclic) bond motifs is 3. The average Bonchev–Trinajstić information content (AvgIpc) is 3.10. The number of nitrogens with zero attached hydrogens (tertiary/aromatic N) is 2.